The Balaban J connectivity index is 3.00. The minimum atomic E-state index is -3.32. The Morgan fingerprint density at radius 2 is 2.18 bits per heavy atom. The van der Waals surface area contributed by atoms with Gasteiger partial charge in [0.1, 0.15) is 0 Å². The lowest BCUT2D eigenvalue weighted by molar-refractivity contribution is 0.211. The molecule has 0 fully saturated rings. The molecule has 4 nitrogen and oxygen atoms in total. The highest BCUT2D eigenvalue weighted by molar-refractivity contribution is 9.10. The van der Waals surface area contributed by atoms with Crippen LogP contribution in [0.5, 0.6) is 0 Å². The third-order valence-corrected chi connectivity index (χ3v) is 4.04. The molecule has 1 atom stereocenters. The van der Waals surface area contributed by atoms with Gasteiger partial charge in [0.2, 0.25) is 0 Å². The number of aliphatic hydroxyl groups is 1. The summed E-state index contributed by atoms with van der Waals surface area (Å²) in [6.07, 6.45) is 0.422. The predicted molar refractivity (Wildman–Crippen MR) is 72.5 cm³/mol. The second kappa shape index (κ2) is 6.04. The molecule has 0 heterocycles. The number of sulfone groups is 1. The maximum Gasteiger partial charge on any atom is 0.177 e. The van der Waals surface area contributed by atoms with E-state index < -0.39 is 15.9 Å². The van der Waals surface area contributed by atoms with E-state index in [2.05, 4.69) is 21.2 Å². The van der Waals surface area contributed by atoms with Crippen LogP contribution in [0.3, 0.4) is 0 Å². The molecule has 0 saturated heterocycles. The first-order valence-electron chi connectivity index (χ1n) is 4.82. The van der Waals surface area contributed by atoms with Gasteiger partial charge in [-0.2, -0.15) is 0 Å². The van der Waals surface area contributed by atoms with Crippen LogP contribution in [0.15, 0.2) is 27.6 Å². The number of halogens is 2. The van der Waals surface area contributed by atoms with Gasteiger partial charge in [-0.25, -0.2) is 8.42 Å². The zero-order chi connectivity index (χ0) is 13.1. The predicted octanol–water partition coefficient (Wildman–Crippen LogP) is 1.86. The van der Waals surface area contributed by atoms with Crippen molar-refractivity contribution >= 4 is 43.1 Å². The Bertz CT molecular complexity index is 492. The van der Waals surface area contributed by atoms with Gasteiger partial charge in [0.25, 0.3) is 0 Å². The molecular formula is C10H13BrClNO3S. The van der Waals surface area contributed by atoms with E-state index in [1.165, 1.54) is 6.07 Å². The quantitative estimate of drug-likeness (QED) is 0.802. The van der Waals surface area contributed by atoms with Crippen molar-refractivity contribution in [1.82, 2.24) is 0 Å². The zero-order valence-corrected chi connectivity index (χ0v) is 12.3. The maximum absolute atomic E-state index is 11.6. The van der Waals surface area contributed by atoms with Crippen molar-refractivity contribution in [3.8, 4) is 0 Å². The van der Waals surface area contributed by atoms with Crippen LogP contribution in [0.4, 0.5) is 5.69 Å². The minimum Gasteiger partial charge on any atom is -0.390 e. The molecule has 0 radical (unpaired) electrons. The van der Waals surface area contributed by atoms with Crippen LogP contribution in [-0.4, -0.2) is 38.3 Å². The lowest BCUT2D eigenvalue weighted by Gasteiger charge is -2.13. The lowest BCUT2D eigenvalue weighted by atomic mass is 10.3. The van der Waals surface area contributed by atoms with E-state index in [9.17, 15) is 13.5 Å². The molecular weight excluding hydrogens is 330 g/mol. The van der Waals surface area contributed by atoms with Crippen LogP contribution < -0.4 is 5.32 Å². The van der Waals surface area contributed by atoms with Crippen LogP contribution in [0, 0.1) is 0 Å². The van der Waals surface area contributed by atoms with Crippen LogP contribution in [0.25, 0.3) is 0 Å². The smallest absolute Gasteiger partial charge is 0.177 e. The van der Waals surface area contributed by atoms with Crippen molar-refractivity contribution in [2.45, 2.75) is 11.0 Å². The highest BCUT2D eigenvalue weighted by Gasteiger charge is 2.14. The van der Waals surface area contributed by atoms with Crippen LogP contribution in [0.2, 0.25) is 0 Å². The van der Waals surface area contributed by atoms with E-state index >= 15 is 0 Å². The first-order chi connectivity index (χ1) is 7.84. The number of anilines is 1. The SMILES string of the molecule is CS(=O)(=O)c1cc(Br)ccc1NCC(O)CCl. The molecule has 0 amide bonds. The van der Waals surface area contributed by atoms with Crippen LogP contribution in [0.1, 0.15) is 0 Å². The van der Waals surface area contributed by atoms with E-state index in [4.69, 9.17) is 11.6 Å². The van der Waals surface area contributed by atoms with E-state index in [0.29, 0.717) is 10.2 Å². The zero-order valence-electron chi connectivity index (χ0n) is 9.15. The fourth-order valence-corrected chi connectivity index (χ4v) is 2.73. The number of nitrogens with one attached hydrogen (secondary N) is 1. The van der Waals surface area contributed by atoms with E-state index in [0.717, 1.165) is 6.26 Å². The van der Waals surface area contributed by atoms with Gasteiger partial charge < -0.3 is 10.4 Å². The first-order valence-corrected chi connectivity index (χ1v) is 8.04. The number of alkyl halides is 1. The lowest BCUT2D eigenvalue weighted by Crippen LogP contribution is -2.21. The first kappa shape index (κ1) is 14.8. The average Bonchev–Trinajstić information content (AvgIpc) is 2.25. The maximum atomic E-state index is 11.6. The van der Waals surface area contributed by atoms with Crippen molar-refractivity contribution < 1.29 is 13.5 Å². The second-order valence-corrected chi connectivity index (χ2v) is 6.81. The summed E-state index contributed by atoms with van der Waals surface area (Å²) in [5.74, 6) is 0.0950. The Hall–Kier alpha value is -0.300. The van der Waals surface area contributed by atoms with E-state index in [1.54, 1.807) is 12.1 Å². The molecule has 2 N–H and O–H groups in total. The molecule has 17 heavy (non-hydrogen) atoms. The summed E-state index contributed by atoms with van der Waals surface area (Å²) < 4.78 is 23.8. The third-order valence-electron chi connectivity index (χ3n) is 2.05. The summed E-state index contributed by atoms with van der Waals surface area (Å²) >= 11 is 8.68. The molecule has 1 aromatic carbocycles. The van der Waals surface area contributed by atoms with Crippen molar-refractivity contribution in [3.63, 3.8) is 0 Å². The summed E-state index contributed by atoms with van der Waals surface area (Å²) in [6.45, 7) is 0.202. The minimum absolute atomic E-state index is 0.0950. The van der Waals surface area contributed by atoms with Gasteiger partial charge in [0, 0.05) is 17.3 Å². The van der Waals surface area contributed by atoms with E-state index in [1.807, 2.05) is 0 Å². The molecule has 0 bridgehead atoms. The van der Waals surface area contributed by atoms with Crippen molar-refractivity contribution in [3.05, 3.63) is 22.7 Å². The van der Waals surface area contributed by atoms with Crippen molar-refractivity contribution in [1.29, 1.82) is 0 Å². The molecule has 0 aliphatic rings. The Morgan fingerprint density at radius 3 is 2.71 bits per heavy atom. The molecule has 7 heteroatoms. The molecule has 1 aromatic rings. The van der Waals surface area contributed by atoms with Gasteiger partial charge in [-0.1, -0.05) is 15.9 Å². The number of hydrogen-bond acceptors (Lipinski definition) is 4. The average molecular weight is 343 g/mol. The molecule has 96 valence electrons. The van der Waals surface area contributed by atoms with Gasteiger partial charge in [0.05, 0.1) is 22.6 Å². The number of hydrogen-bond donors (Lipinski definition) is 2. The summed E-state index contributed by atoms with van der Waals surface area (Å²) in [4.78, 5) is 0.189. The monoisotopic (exact) mass is 341 g/mol. The Morgan fingerprint density at radius 1 is 1.53 bits per heavy atom. The highest BCUT2D eigenvalue weighted by atomic mass is 79.9. The third kappa shape index (κ3) is 4.46. The highest BCUT2D eigenvalue weighted by Crippen LogP contribution is 2.25. The van der Waals surface area contributed by atoms with E-state index in [-0.39, 0.29) is 17.3 Å². The molecule has 1 unspecified atom stereocenters. The van der Waals surface area contributed by atoms with Crippen molar-refractivity contribution in [2.24, 2.45) is 0 Å². The van der Waals surface area contributed by atoms with Crippen LogP contribution in [-0.2, 0) is 9.84 Å². The normalized spacial score (nSPS) is 13.4. The molecule has 0 aromatic heterocycles. The topological polar surface area (TPSA) is 66.4 Å². The number of aliphatic hydroxyl groups excluding tert-OH is 1. The molecule has 0 saturated carbocycles. The Kier molecular flexibility index (Phi) is 5.24. The van der Waals surface area contributed by atoms with Gasteiger partial charge >= 0.3 is 0 Å². The molecule has 0 aliphatic heterocycles. The summed E-state index contributed by atoms with van der Waals surface area (Å²) in [7, 11) is -3.32. The Labute approximate surface area is 114 Å². The second-order valence-electron chi connectivity index (χ2n) is 3.60. The molecule has 1 rings (SSSR count). The van der Waals surface area contributed by atoms with Gasteiger partial charge in [-0.3, -0.25) is 0 Å². The van der Waals surface area contributed by atoms with Gasteiger partial charge in [-0.05, 0) is 18.2 Å². The van der Waals surface area contributed by atoms with Crippen LogP contribution >= 0.6 is 27.5 Å². The van der Waals surface area contributed by atoms with Gasteiger partial charge in [0.15, 0.2) is 9.84 Å². The summed E-state index contributed by atoms with van der Waals surface area (Å²) in [6, 6.07) is 4.89. The number of rotatable bonds is 5. The molecule has 0 spiro atoms. The molecule has 0 aliphatic carbocycles. The fraction of sp³-hybridized carbons (Fsp3) is 0.400. The number of benzene rings is 1. The van der Waals surface area contributed by atoms with Gasteiger partial charge in [-0.15, -0.1) is 11.6 Å². The summed E-state index contributed by atoms with van der Waals surface area (Å²) in [5.41, 5.74) is 0.458. The largest absolute Gasteiger partial charge is 0.390 e. The standard InChI is InChI=1S/C10H13BrClNO3S/c1-17(15,16)10-4-7(11)2-3-9(10)13-6-8(14)5-12/h2-4,8,13-14H,5-6H2,1H3. The van der Waals surface area contributed by atoms with Crippen molar-refractivity contribution in [2.75, 3.05) is 24.0 Å². The fourth-order valence-electron chi connectivity index (χ4n) is 1.23. The summed E-state index contributed by atoms with van der Waals surface area (Å²) in [5, 5.41) is 12.2.